The molecular formula is C32H37F3N2O7. The lowest BCUT2D eigenvalue weighted by Crippen LogP contribution is -2.39. The zero-order valence-corrected chi connectivity index (χ0v) is 26.0. The molecular weight excluding hydrogens is 581 g/mol. The van der Waals surface area contributed by atoms with Gasteiger partial charge >= 0.3 is 18.4 Å². The highest BCUT2D eigenvalue weighted by Gasteiger charge is 2.30. The highest BCUT2D eigenvalue weighted by Crippen LogP contribution is 2.31. The topological polar surface area (TPSA) is 100 Å². The summed E-state index contributed by atoms with van der Waals surface area (Å²) in [5, 5.41) is 0.791. The predicted molar refractivity (Wildman–Crippen MR) is 156 cm³/mol. The van der Waals surface area contributed by atoms with E-state index in [-0.39, 0.29) is 19.0 Å². The lowest BCUT2D eigenvalue weighted by molar-refractivity contribution is -0.137. The minimum atomic E-state index is -4.43. The number of allylic oxidation sites excluding steroid dienone is 1. The van der Waals surface area contributed by atoms with Crippen molar-refractivity contribution >= 4 is 17.8 Å². The lowest BCUT2D eigenvalue weighted by Gasteiger charge is -2.26. The number of alkyl halides is 3. The molecule has 0 spiro atoms. The van der Waals surface area contributed by atoms with E-state index in [0.717, 1.165) is 28.3 Å². The van der Waals surface area contributed by atoms with Crippen LogP contribution >= 0.6 is 0 Å². The quantitative estimate of drug-likeness (QED) is 0.191. The van der Waals surface area contributed by atoms with Gasteiger partial charge in [-0.1, -0.05) is 18.2 Å². The molecule has 0 atom stereocenters. The molecule has 0 aliphatic carbocycles. The average molecular weight is 619 g/mol. The van der Waals surface area contributed by atoms with Gasteiger partial charge in [0.15, 0.2) is 0 Å². The van der Waals surface area contributed by atoms with Gasteiger partial charge in [0.2, 0.25) is 5.89 Å². The Balaban J connectivity index is 1.64. The van der Waals surface area contributed by atoms with Crippen LogP contribution in [0.3, 0.4) is 0 Å². The van der Waals surface area contributed by atoms with Crippen LogP contribution in [-0.2, 0) is 27.1 Å². The highest BCUT2D eigenvalue weighted by atomic mass is 19.4. The van der Waals surface area contributed by atoms with E-state index in [4.69, 9.17) is 23.5 Å². The molecule has 9 nitrogen and oxygen atoms in total. The zero-order chi connectivity index (χ0) is 32.9. The third-order valence-electron chi connectivity index (χ3n) is 5.77. The van der Waals surface area contributed by atoms with Gasteiger partial charge in [0.05, 0.1) is 12.1 Å². The number of aromatic nitrogens is 1. The summed E-state index contributed by atoms with van der Waals surface area (Å²) >= 11 is 0. The molecule has 0 saturated heterocycles. The molecule has 44 heavy (non-hydrogen) atoms. The van der Waals surface area contributed by atoms with Crippen LogP contribution < -0.4 is 4.74 Å². The maximum Gasteiger partial charge on any atom is 0.534 e. The number of aryl methyl sites for hydroxylation is 1. The number of hydrogen-bond acceptors (Lipinski definition) is 8. The maximum absolute atomic E-state index is 12.9. The zero-order valence-electron chi connectivity index (χ0n) is 26.0. The van der Waals surface area contributed by atoms with Gasteiger partial charge in [-0.2, -0.15) is 13.2 Å². The Morgan fingerprint density at radius 3 is 2.05 bits per heavy atom. The van der Waals surface area contributed by atoms with Crippen LogP contribution in [0.1, 0.15) is 71.0 Å². The van der Waals surface area contributed by atoms with Gasteiger partial charge in [-0.15, -0.1) is 5.06 Å². The minimum absolute atomic E-state index is 0.0803. The first-order valence-electron chi connectivity index (χ1n) is 13.8. The van der Waals surface area contributed by atoms with Crippen molar-refractivity contribution in [1.82, 2.24) is 10.0 Å². The van der Waals surface area contributed by atoms with Gasteiger partial charge in [0.1, 0.15) is 35.0 Å². The number of hydroxylamine groups is 2. The minimum Gasteiger partial charge on any atom is -0.487 e. The normalized spacial score (nSPS) is 12.5. The molecule has 0 fully saturated rings. The van der Waals surface area contributed by atoms with Gasteiger partial charge in [-0.3, -0.25) is 4.84 Å². The standard InChI is InChI=1S/C32H37F3N2O7/c1-20(17-18-37(28(38)42-30(3,4)5)44-29(39)43-31(6,7)8)22-11-15-25(16-12-22)40-19-26-21(2)41-27(36-26)23-9-13-24(14-10-23)32(33,34)35/h9-17H,18-19H2,1-8H3/b20-17+. The number of amides is 1. The van der Waals surface area contributed by atoms with Crippen LogP contribution in [0.5, 0.6) is 5.75 Å². The first-order valence-corrected chi connectivity index (χ1v) is 13.8. The fraction of sp³-hybridized carbons (Fsp3) is 0.406. The largest absolute Gasteiger partial charge is 0.534 e. The molecule has 0 radical (unpaired) electrons. The summed E-state index contributed by atoms with van der Waals surface area (Å²) in [5.74, 6) is 1.23. The summed E-state index contributed by atoms with van der Waals surface area (Å²) < 4.78 is 60.6. The lowest BCUT2D eigenvalue weighted by atomic mass is 10.1. The Kier molecular flexibility index (Phi) is 10.4. The summed E-state index contributed by atoms with van der Waals surface area (Å²) in [6.07, 6.45) is -4.61. The first-order chi connectivity index (χ1) is 20.3. The second kappa shape index (κ2) is 13.4. The van der Waals surface area contributed by atoms with Crippen molar-refractivity contribution < 1.29 is 46.2 Å². The van der Waals surface area contributed by atoms with E-state index in [0.29, 0.717) is 22.8 Å². The number of ether oxygens (including phenoxy) is 3. The summed E-state index contributed by atoms with van der Waals surface area (Å²) in [5.41, 5.74) is 0.152. The van der Waals surface area contributed by atoms with E-state index in [1.54, 1.807) is 66.7 Å². The molecule has 0 aliphatic heterocycles. The van der Waals surface area contributed by atoms with Crippen LogP contribution in [-0.4, -0.2) is 40.0 Å². The molecule has 0 unspecified atom stereocenters. The number of carbonyl (C=O) groups is 2. The summed E-state index contributed by atoms with van der Waals surface area (Å²) in [7, 11) is 0. The number of rotatable bonds is 7. The number of oxazole rings is 1. The van der Waals surface area contributed by atoms with Crippen LogP contribution in [0, 0.1) is 6.92 Å². The average Bonchev–Trinajstić information content (AvgIpc) is 3.27. The smallest absolute Gasteiger partial charge is 0.487 e. The van der Waals surface area contributed by atoms with E-state index in [9.17, 15) is 22.8 Å². The molecule has 12 heteroatoms. The summed E-state index contributed by atoms with van der Waals surface area (Å²) in [4.78, 5) is 34.4. The van der Waals surface area contributed by atoms with E-state index in [1.807, 2.05) is 19.1 Å². The van der Waals surface area contributed by atoms with Gasteiger partial charge in [-0.05, 0) is 103 Å². The molecule has 1 aromatic heterocycles. The number of carbonyl (C=O) groups excluding carboxylic acids is 2. The van der Waals surface area contributed by atoms with Crippen molar-refractivity contribution in [2.75, 3.05) is 6.54 Å². The van der Waals surface area contributed by atoms with Gasteiger partial charge in [0, 0.05) is 5.56 Å². The first kappa shape index (κ1) is 34.0. The molecule has 0 bridgehead atoms. The van der Waals surface area contributed by atoms with Crippen LogP contribution in [0.15, 0.2) is 59.0 Å². The van der Waals surface area contributed by atoms with Crippen molar-refractivity contribution in [3.63, 3.8) is 0 Å². The number of nitrogens with zero attached hydrogens (tertiary/aromatic N) is 2. The molecule has 1 heterocycles. The third kappa shape index (κ3) is 10.4. The van der Waals surface area contributed by atoms with Crippen molar-refractivity contribution in [2.24, 2.45) is 0 Å². The van der Waals surface area contributed by atoms with E-state index >= 15 is 0 Å². The fourth-order valence-electron chi connectivity index (χ4n) is 3.61. The Morgan fingerprint density at radius 1 is 0.909 bits per heavy atom. The Morgan fingerprint density at radius 2 is 1.50 bits per heavy atom. The molecule has 0 N–H and O–H groups in total. The van der Waals surface area contributed by atoms with E-state index in [1.165, 1.54) is 12.1 Å². The molecule has 0 aliphatic rings. The summed E-state index contributed by atoms with van der Waals surface area (Å²) in [6.45, 7) is 13.6. The molecule has 2 aromatic carbocycles. The number of halogens is 3. The molecule has 3 aromatic rings. The maximum atomic E-state index is 12.9. The second-order valence-electron chi connectivity index (χ2n) is 11.9. The fourth-order valence-corrected chi connectivity index (χ4v) is 3.61. The predicted octanol–water partition coefficient (Wildman–Crippen LogP) is 8.75. The highest BCUT2D eigenvalue weighted by molar-refractivity contribution is 5.71. The van der Waals surface area contributed by atoms with Crippen LogP contribution in [0.25, 0.3) is 17.0 Å². The van der Waals surface area contributed by atoms with Gasteiger partial charge in [0.25, 0.3) is 0 Å². The monoisotopic (exact) mass is 618 g/mol. The van der Waals surface area contributed by atoms with Crippen LogP contribution in [0.2, 0.25) is 0 Å². The van der Waals surface area contributed by atoms with E-state index < -0.39 is 35.2 Å². The Labute approximate surface area is 254 Å². The van der Waals surface area contributed by atoms with Crippen LogP contribution in [0.4, 0.5) is 22.8 Å². The second-order valence-corrected chi connectivity index (χ2v) is 11.9. The third-order valence-corrected chi connectivity index (χ3v) is 5.77. The number of benzene rings is 2. The molecule has 3 rings (SSSR count). The number of hydrogen-bond donors (Lipinski definition) is 0. The molecule has 1 amide bonds. The van der Waals surface area contributed by atoms with E-state index in [2.05, 4.69) is 4.98 Å². The van der Waals surface area contributed by atoms with Crippen molar-refractivity contribution in [2.45, 2.75) is 79.4 Å². The van der Waals surface area contributed by atoms with Gasteiger partial charge < -0.3 is 18.6 Å². The summed E-state index contributed by atoms with van der Waals surface area (Å²) in [6, 6.07) is 11.7. The SMILES string of the molecule is C/C(=C\CN(OC(=O)OC(C)(C)C)C(=O)OC(C)(C)C)c1ccc(OCc2nc(-c3ccc(C(F)(F)F)cc3)oc2C)cc1. The van der Waals surface area contributed by atoms with Crippen molar-refractivity contribution in [3.8, 4) is 17.2 Å². The molecule has 238 valence electrons. The van der Waals surface area contributed by atoms with Crippen molar-refractivity contribution in [1.29, 1.82) is 0 Å². The molecule has 0 saturated carbocycles. The Hall–Kier alpha value is -4.48. The van der Waals surface area contributed by atoms with Crippen molar-refractivity contribution in [3.05, 3.63) is 77.2 Å². The Bertz CT molecular complexity index is 1460. The van der Waals surface area contributed by atoms with Gasteiger partial charge in [-0.25, -0.2) is 14.6 Å².